The Morgan fingerprint density at radius 1 is 1.24 bits per heavy atom. The minimum atomic E-state index is -0.347. The molecule has 1 atom stereocenters. The van der Waals surface area contributed by atoms with E-state index in [2.05, 4.69) is 5.32 Å². The van der Waals surface area contributed by atoms with Crippen molar-refractivity contribution in [1.29, 1.82) is 0 Å². The monoisotopic (exact) mass is 343 g/mol. The number of ether oxygens (including phenoxy) is 1. The molecular weight excluding hydrogens is 321 g/mol. The molecule has 2 aromatic rings. The van der Waals surface area contributed by atoms with Crippen molar-refractivity contribution >= 4 is 5.91 Å². The maximum Gasteiger partial charge on any atom is 0.251 e. The molecule has 3 rings (SSSR count). The van der Waals surface area contributed by atoms with E-state index < -0.39 is 0 Å². The molecule has 0 aliphatic heterocycles. The van der Waals surface area contributed by atoms with Gasteiger partial charge in [0.05, 0.1) is 0 Å². The summed E-state index contributed by atoms with van der Waals surface area (Å²) < 4.78 is 18.7. The van der Waals surface area contributed by atoms with Gasteiger partial charge >= 0.3 is 0 Å². The first-order valence-corrected chi connectivity index (χ1v) is 8.55. The van der Waals surface area contributed by atoms with Gasteiger partial charge in [0, 0.05) is 24.3 Å². The highest BCUT2D eigenvalue weighted by Gasteiger charge is 2.31. The van der Waals surface area contributed by atoms with Crippen LogP contribution in [-0.2, 0) is 6.61 Å². The molecule has 1 fully saturated rings. The predicted octanol–water partition coefficient (Wildman–Crippen LogP) is 3.30. The van der Waals surface area contributed by atoms with Gasteiger partial charge in [0.25, 0.3) is 5.91 Å². The van der Waals surface area contributed by atoms with Crippen LogP contribution in [0.2, 0.25) is 0 Å². The normalized spacial score (nSPS) is 14.8. The third-order valence-corrected chi connectivity index (χ3v) is 4.34. The van der Waals surface area contributed by atoms with Crippen molar-refractivity contribution in [3.05, 3.63) is 65.5 Å². The van der Waals surface area contributed by atoms with Crippen LogP contribution < -0.4 is 10.1 Å². The van der Waals surface area contributed by atoms with Gasteiger partial charge in [-0.05, 0) is 55.0 Å². The third kappa shape index (κ3) is 5.03. The van der Waals surface area contributed by atoms with Crippen LogP contribution in [0.25, 0.3) is 0 Å². The van der Waals surface area contributed by atoms with Crippen LogP contribution in [0.5, 0.6) is 5.75 Å². The Labute approximate surface area is 146 Å². The summed E-state index contributed by atoms with van der Waals surface area (Å²) in [5.41, 5.74) is 1.39. The van der Waals surface area contributed by atoms with E-state index in [0.29, 0.717) is 23.7 Å². The average molecular weight is 343 g/mol. The lowest BCUT2D eigenvalue weighted by molar-refractivity contribution is 0.0924. The molecule has 1 unspecified atom stereocenters. The second kappa shape index (κ2) is 8.12. The van der Waals surface area contributed by atoms with Crippen molar-refractivity contribution in [2.45, 2.75) is 31.9 Å². The molecule has 0 aromatic heterocycles. The smallest absolute Gasteiger partial charge is 0.251 e. The van der Waals surface area contributed by atoms with Gasteiger partial charge in [0.2, 0.25) is 0 Å². The van der Waals surface area contributed by atoms with Crippen LogP contribution in [0, 0.1) is 11.7 Å². The van der Waals surface area contributed by atoms with Crippen molar-refractivity contribution in [2.24, 2.45) is 5.92 Å². The van der Waals surface area contributed by atoms with E-state index in [9.17, 15) is 9.18 Å². The molecule has 132 valence electrons. The largest absolute Gasteiger partial charge is 0.489 e. The Morgan fingerprint density at radius 2 is 2.04 bits per heavy atom. The van der Waals surface area contributed by atoms with Gasteiger partial charge in [-0.1, -0.05) is 18.2 Å². The number of amides is 1. The summed E-state index contributed by atoms with van der Waals surface area (Å²) in [6.07, 6.45) is 2.79. The summed E-state index contributed by atoms with van der Waals surface area (Å²) >= 11 is 0. The fraction of sp³-hybridized carbons (Fsp3) is 0.350. The first-order valence-electron chi connectivity index (χ1n) is 8.55. The van der Waals surface area contributed by atoms with Gasteiger partial charge in [-0.2, -0.15) is 0 Å². The van der Waals surface area contributed by atoms with Crippen LogP contribution in [0.4, 0.5) is 4.39 Å². The van der Waals surface area contributed by atoms with Gasteiger partial charge in [-0.15, -0.1) is 0 Å². The molecule has 0 spiro atoms. The molecule has 0 heterocycles. The second-order valence-electron chi connectivity index (χ2n) is 6.38. The number of carbonyl (C=O) groups is 1. The predicted molar refractivity (Wildman–Crippen MR) is 92.9 cm³/mol. The molecule has 1 aliphatic carbocycles. The maximum atomic E-state index is 13.2. The Kier molecular flexibility index (Phi) is 5.66. The highest BCUT2D eigenvalue weighted by molar-refractivity contribution is 5.94. The van der Waals surface area contributed by atoms with E-state index in [1.807, 2.05) is 6.07 Å². The number of halogens is 1. The van der Waals surface area contributed by atoms with Crippen LogP contribution in [0.3, 0.4) is 0 Å². The standard InChI is InChI=1S/C20H22FNO3/c21-17-5-2-6-18(12-17)25-13-14-3-1-4-16(11-14)20(24)22-19(9-10-23)15-7-8-15/h1-6,11-12,15,19,23H,7-10,13H2,(H,22,24). The lowest BCUT2D eigenvalue weighted by Crippen LogP contribution is -2.37. The van der Waals surface area contributed by atoms with E-state index in [-0.39, 0.29) is 31.0 Å². The molecule has 2 aromatic carbocycles. The highest BCUT2D eigenvalue weighted by Crippen LogP contribution is 2.34. The zero-order valence-electron chi connectivity index (χ0n) is 14.0. The number of nitrogens with one attached hydrogen (secondary N) is 1. The molecule has 1 amide bonds. The summed E-state index contributed by atoms with van der Waals surface area (Å²) in [5, 5.41) is 12.2. The van der Waals surface area contributed by atoms with Crippen molar-refractivity contribution in [3.63, 3.8) is 0 Å². The molecule has 5 heteroatoms. The molecule has 0 saturated heterocycles. The highest BCUT2D eigenvalue weighted by atomic mass is 19.1. The molecule has 0 radical (unpaired) electrons. The summed E-state index contributed by atoms with van der Waals surface area (Å²) in [6.45, 7) is 0.330. The van der Waals surface area contributed by atoms with E-state index >= 15 is 0 Å². The van der Waals surface area contributed by atoms with E-state index in [0.717, 1.165) is 18.4 Å². The minimum absolute atomic E-state index is 0.0321. The first kappa shape index (κ1) is 17.4. The van der Waals surface area contributed by atoms with Crippen LogP contribution in [0.15, 0.2) is 48.5 Å². The van der Waals surface area contributed by atoms with E-state index in [1.54, 1.807) is 30.3 Å². The first-order chi connectivity index (χ1) is 12.2. The quantitative estimate of drug-likeness (QED) is 0.773. The summed E-state index contributed by atoms with van der Waals surface area (Å²) in [7, 11) is 0. The molecule has 4 nitrogen and oxygen atoms in total. The fourth-order valence-electron chi connectivity index (χ4n) is 2.84. The molecule has 1 saturated carbocycles. The van der Waals surface area contributed by atoms with Crippen LogP contribution >= 0.6 is 0 Å². The molecule has 25 heavy (non-hydrogen) atoms. The fourth-order valence-corrected chi connectivity index (χ4v) is 2.84. The molecular formula is C20H22FNO3. The lowest BCUT2D eigenvalue weighted by Gasteiger charge is -2.17. The number of benzene rings is 2. The van der Waals surface area contributed by atoms with Crippen LogP contribution in [-0.4, -0.2) is 23.7 Å². The number of hydrogen-bond donors (Lipinski definition) is 2. The molecule has 1 aliphatic rings. The van der Waals surface area contributed by atoms with Crippen LogP contribution in [0.1, 0.15) is 35.2 Å². The van der Waals surface area contributed by atoms with Crippen molar-refractivity contribution in [2.75, 3.05) is 6.61 Å². The summed E-state index contributed by atoms with van der Waals surface area (Å²) in [4.78, 5) is 12.5. The third-order valence-electron chi connectivity index (χ3n) is 4.34. The van der Waals surface area contributed by atoms with E-state index in [4.69, 9.17) is 9.84 Å². The minimum Gasteiger partial charge on any atom is -0.489 e. The number of aliphatic hydroxyl groups excluding tert-OH is 1. The zero-order chi connectivity index (χ0) is 17.6. The number of hydrogen-bond acceptors (Lipinski definition) is 3. The van der Waals surface area contributed by atoms with Gasteiger partial charge in [0.1, 0.15) is 18.2 Å². The number of carbonyl (C=O) groups excluding carboxylic acids is 1. The lowest BCUT2D eigenvalue weighted by atomic mass is 10.1. The topological polar surface area (TPSA) is 58.6 Å². The second-order valence-corrected chi connectivity index (χ2v) is 6.38. The van der Waals surface area contributed by atoms with Crippen molar-refractivity contribution < 1.29 is 19.0 Å². The zero-order valence-corrected chi connectivity index (χ0v) is 14.0. The van der Waals surface area contributed by atoms with Gasteiger partial charge in [-0.25, -0.2) is 4.39 Å². The van der Waals surface area contributed by atoms with Gasteiger partial charge < -0.3 is 15.2 Å². The Bertz CT molecular complexity index is 730. The maximum absolute atomic E-state index is 13.2. The van der Waals surface area contributed by atoms with Crippen molar-refractivity contribution in [1.82, 2.24) is 5.32 Å². The number of rotatable bonds is 8. The Hall–Kier alpha value is -2.40. The Balaban J connectivity index is 1.61. The SMILES string of the molecule is O=C(NC(CCO)C1CC1)c1cccc(COc2cccc(F)c2)c1. The van der Waals surface area contributed by atoms with Gasteiger partial charge in [-0.3, -0.25) is 4.79 Å². The molecule has 2 N–H and O–H groups in total. The Morgan fingerprint density at radius 3 is 2.76 bits per heavy atom. The molecule has 0 bridgehead atoms. The number of aliphatic hydroxyl groups is 1. The van der Waals surface area contributed by atoms with E-state index in [1.165, 1.54) is 12.1 Å². The van der Waals surface area contributed by atoms with Crippen molar-refractivity contribution in [3.8, 4) is 5.75 Å². The summed E-state index contributed by atoms with van der Waals surface area (Å²) in [5.74, 6) is 0.445. The van der Waals surface area contributed by atoms with Gasteiger partial charge in [0.15, 0.2) is 0 Å². The average Bonchev–Trinajstić information content (AvgIpc) is 3.45. The summed E-state index contributed by atoms with van der Waals surface area (Å²) in [6, 6.07) is 13.2.